The Hall–Kier alpha value is -1.06. The number of rotatable bonds is 15. The van der Waals surface area contributed by atoms with Crippen LogP contribution >= 0.6 is 0 Å². The number of amidine groups is 1. The minimum Gasteiger partial charge on any atom is -0.481 e. The average molecular weight is 339 g/mol. The second-order valence-electron chi connectivity index (χ2n) is 7.08. The van der Waals surface area contributed by atoms with E-state index in [1.54, 1.807) is 0 Å². The summed E-state index contributed by atoms with van der Waals surface area (Å²) in [6, 6.07) is 0.117. The molecule has 0 fully saturated rings. The molecule has 1 N–H and O–H groups in total. The second-order valence-corrected chi connectivity index (χ2v) is 7.08. The SMILES string of the molecule is CCCCCCCCCCCCC1=NCCN1C(CC)CC(=O)O. The standard InChI is InChI=1S/C20H38N2O2/c1-3-5-6-7-8-9-10-11-12-13-14-19-21-15-16-22(19)18(4-2)17-20(23)24/h18H,3-17H2,1-2H3,(H,23,24). The molecule has 0 aromatic rings. The maximum Gasteiger partial charge on any atom is 0.305 e. The van der Waals surface area contributed by atoms with Gasteiger partial charge >= 0.3 is 5.97 Å². The summed E-state index contributed by atoms with van der Waals surface area (Å²) in [7, 11) is 0. The fourth-order valence-corrected chi connectivity index (χ4v) is 3.57. The first-order chi connectivity index (χ1) is 11.7. The molecule has 140 valence electrons. The Morgan fingerprint density at radius 2 is 1.62 bits per heavy atom. The predicted molar refractivity (Wildman–Crippen MR) is 102 cm³/mol. The van der Waals surface area contributed by atoms with E-state index in [1.807, 2.05) is 0 Å². The number of carbonyl (C=O) groups is 1. The summed E-state index contributed by atoms with van der Waals surface area (Å²) >= 11 is 0. The first-order valence-electron chi connectivity index (χ1n) is 10.2. The number of aliphatic imine (C=N–C) groups is 1. The Kier molecular flexibility index (Phi) is 11.6. The molecular weight excluding hydrogens is 300 g/mol. The van der Waals surface area contributed by atoms with Gasteiger partial charge in [0, 0.05) is 19.0 Å². The van der Waals surface area contributed by atoms with E-state index < -0.39 is 5.97 Å². The van der Waals surface area contributed by atoms with Crippen LogP contribution in [-0.4, -0.2) is 40.9 Å². The molecule has 0 saturated heterocycles. The van der Waals surface area contributed by atoms with Crippen molar-refractivity contribution in [2.45, 2.75) is 103 Å². The van der Waals surface area contributed by atoms with Crippen molar-refractivity contribution in [3.63, 3.8) is 0 Å². The van der Waals surface area contributed by atoms with Crippen LogP contribution in [-0.2, 0) is 4.79 Å². The van der Waals surface area contributed by atoms with Crippen molar-refractivity contribution < 1.29 is 9.90 Å². The summed E-state index contributed by atoms with van der Waals surface area (Å²) in [5.74, 6) is 0.453. The van der Waals surface area contributed by atoms with Crippen LogP contribution in [0.3, 0.4) is 0 Å². The highest BCUT2D eigenvalue weighted by molar-refractivity contribution is 5.84. The smallest absolute Gasteiger partial charge is 0.305 e. The Balaban J connectivity index is 2.10. The van der Waals surface area contributed by atoms with Gasteiger partial charge in [-0.25, -0.2) is 0 Å². The van der Waals surface area contributed by atoms with Crippen molar-refractivity contribution in [2.24, 2.45) is 4.99 Å². The van der Waals surface area contributed by atoms with Crippen molar-refractivity contribution in [2.75, 3.05) is 13.1 Å². The van der Waals surface area contributed by atoms with Crippen molar-refractivity contribution in [3.8, 4) is 0 Å². The van der Waals surface area contributed by atoms with Crippen LogP contribution in [0.1, 0.15) is 97.3 Å². The molecule has 0 amide bonds. The van der Waals surface area contributed by atoms with Gasteiger partial charge in [0.1, 0.15) is 0 Å². The van der Waals surface area contributed by atoms with Gasteiger partial charge in [-0.3, -0.25) is 9.79 Å². The highest BCUT2D eigenvalue weighted by atomic mass is 16.4. The number of carboxylic acids is 1. The molecule has 0 saturated carbocycles. The van der Waals surface area contributed by atoms with Crippen molar-refractivity contribution >= 4 is 11.8 Å². The zero-order chi connectivity index (χ0) is 17.6. The second kappa shape index (κ2) is 13.3. The van der Waals surface area contributed by atoms with E-state index in [4.69, 9.17) is 5.11 Å². The van der Waals surface area contributed by atoms with E-state index >= 15 is 0 Å². The molecule has 4 nitrogen and oxygen atoms in total. The first-order valence-corrected chi connectivity index (χ1v) is 10.2. The zero-order valence-electron chi connectivity index (χ0n) is 15.9. The van der Waals surface area contributed by atoms with Gasteiger partial charge in [0.25, 0.3) is 0 Å². The molecule has 1 rings (SSSR count). The molecule has 24 heavy (non-hydrogen) atoms. The number of hydrogen-bond acceptors (Lipinski definition) is 3. The number of hydrogen-bond donors (Lipinski definition) is 1. The fraction of sp³-hybridized carbons (Fsp3) is 0.900. The molecule has 0 aromatic heterocycles. The molecule has 0 spiro atoms. The lowest BCUT2D eigenvalue weighted by Crippen LogP contribution is -2.39. The average Bonchev–Trinajstić information content (AvgIpc) is 3.02. The van der Waals surface area contributed by atoms with E-state index in [-0.39, 0.29) is 12.5 Å². The number of carboxylic acid groups (broad SMARTS) is 1. The summed E-state index contributed by atoms with van der Waals surface area (Å²) in [5, 5.41) is 9.06. The normalized spacial score (nSPS) is 15.6. The third kappa shape index (κ3) is 8.70. The third-order valence-corrected chi connectivity index (χ3v) is 5.04. The molecule has 4 heteroatoms. The van der Waals surface area contributed by atoms with Gasteiger partial charge in [-0.15, -0.1) is 0 Å². The zero-order valence-corrected chi connectivity index (χ0v) is 15.9. The summed E-state index contributed by atoms with van der Waals surface area (Å²) in [4.78, 5) is 17.9. The third-order valence-electron chi connectivity index (χ3n) is 5.04. The maximum atomic E-state index is 11.0. The monoisotopic (exact) mass is 338 g/mol. The molecule has 1 heterocycles. The van der Waals surface area contributed by atoms with Crippen LogP contribution < -0.4 is 0 Å². The van der Waals surface area contributed by atoms with Crippen LogP contribution in [0.4, 0.5) is 0 Å². The highest BCUT2D eigenvalue weighted by Gasteiger charge is 2.25. The van der Waals surface area contributed by atoms with E-state index in [1.165, 1.54) is 64.2 Å². The van der Waals surface area contributed by atoms with Crippen LogP contribution in [0.25, 0.3) is 0 Å². The number of nitrogens with zero attached hydrogens (tertiary/aromatic N) is 2. The van der Waals surface area contributed by atoms with E-state index in [0.29, 0.717) is 0 Å². The molecule has 1 aliphatic heterocycles. The van der Waals surface area contributed by atoms with E-state index in [0.717, 1.165) is 31.8 Å². The van der Waals surface area contributed by atoms with Crippen LogP contribution in [0, 0.1) is 0 Å². The minimum absolute atomic E-state index is 0.117. The molecule has 0 aliphatic carbocycles. The van der Waals surface area contributed by atoms with E-state index in [9.17, 15) is 4.79 Å². The molecule has 0 radical (unpaired) electrons. The molecule has 1 unspecified atom stereocenters. The summed E-state index contributed by atoms with van der Waals surface area (Å²) in [5.41, 5.74) is 0. The van der Waals surface area contributed by atoms with E-state index in [2.05, 4.69) is 23.7 Å². The van der Waals surface area contributed by atoms with Crippen LogP contribution in [0.5, 0.6) is 0 Å². The molecule has 1 atom stereocenters. The molecule has 0 bridgehead atoms. The van der Waals surface area contributed by atoms with Gasteiger partial charge in [0.05, 0.1) is 18.8 Å². The number of unbranched alkanes of at least 4 members (excludes halogenated alkanes) is 9. The summed E-state index contributed by atoms with van der Waals surface area (Å²) in [6.45, 7) is 6.08. The topological polar surface area (TPSA) is 52.9 Å². The Morgan fingerprint density at radius 3 is 2.17 bits per heavy atom. The lowest BCUT2D eigenvalue weighted by Gasteiger charge is -2.29. The highest BCUT2D eigenvalue weighted by Crippen LogP contribution is 2.18. The van der Waals surface area contributed by atoms with Crippen molar-refractivity contribution in [3.05, 3.63) is 0 Å². The van der Waals surface area contributed by atoms with Gasteiger partial charge in [-0.2, -0.15) is 0 Å². The number of aliphatic carboxylic acids is 1. The maximum absolute atomic E-state index is 11.0. The predicted octanol–water partition coefficient (Wildman–Crippen LogP) is 5.26. The lowest BCUT2D eigenvalue weighted by atomic mass is 10.0. The Bertz CT molecular complexity index is 369. The van der Waals surface area contributed by atoms with Crippen molar-refractivity contribution in [1.29, 1.82) is 0 Å². The van der Waals surface area contributed by atoms with Crippen LogP contribution in [0.2, 0.25) is 0 Å². The van der Waals surface area contributed by atoms with Gasteiger partial charge in [-0.1, -0.05) is 71.6 Å². The van der Waals surface area contributed by atoms with Gasteiger partial charge in [-0.05, 0) is 12.8 Å². The Labute approximate surface area is 148 Å². The lowest BCUT2D eigenvalue weighted by molar-refractivity contribution is -0.138. The first kappa shape index (κ1) is 21.0. The molecule has 1 aliphatic rings. The quantitative estimate of drug-likeness (QED) is 0.414. The van der Waals surface area contributed by atoms with Crippen LogP contribution in [0.15, 0.2) is 4.99 Å². The molecular formula is C20H38N2O2. The van der Waals surface area contributed by atoms with Gasteiger partial charge in [0.2, 0.25) is 0 Å². The Morgan fingerprint density at radius 1 is 1.04 bits per heavy atom. The fourth-order valence-electron chi connectivity index (χ4n) is 3.57. The minimum atomic E-state index is -0.702. The molecule has 0 aromatic carbocycles. The van der Waals surface area contributed by atoms with Gasteiger partial charge < -0.3 is 10.0 Å². The van der Waals surface area contributed by atoms with Gasteiger partial charge in [0.15, 0.2) is 0 Å². The summed E-state index contributed by atoms with van der Waals surface area (Å²) in [6.07, 6.45) is 15.6. The largest absolute Gasteiger partial charge is 0.481 e. The summed E-state index contributed by atoms with van der Waals surface area (Å²) < 4.78 is 0. The van der Waals surface area contributed by atoms with Crippen molar-refractivity contribution in [1.82, 2.24) is 4.90 Å².